The fraction of sp³-hybridized carbons (Fsp3) is 0.316. The van der Waals surface area contributed by atoms with Gasteiger partial charge in [-0.25, -0.2) is 0 Å². The van der Waals surface area contributed by atoms with E-state index >= 15 is 0 Å². The van der Waals surface area contributed by atoms with E-state index in [-0.39, 0.29) is 0 Å². The molecule has 0 amide bonds. The first-order chi connectivity index (χ1) is 9.72. The zero-order valence-electron chi connectivity index (χ0n) is 12.3. The van der Waals surface area contributed by atoms with Gasteiger partial charge < -0.3 is 0 Å². The average Bonchev–Trinajstić information content (AvgIpc) is 2.50. The van der Waals surface area contributed by atoms with Crippen LogP contribution in [-0.2, 0) is 4.79 Å². The van der Waals surface area contributed by atoms with E-state index in [1.54, 1.807) is 0 Å². The van der Waals surface area contributed by atoms with Gasteiger partial charge in [0.05, 0.1) is 0 Å². The molecule has 2 aromatic rings. The minimum absolute atomic E-state index is 0.313. The molecule has 0 bridgehead atoms. The summed E-state index contributed by atoms with van der Waals surface area (Å²) in [6.07, 6.45) is 2.18. The first-order valence-corrected chi connectivity index (χ1v) is 7.34. The van der Waals surface area contributed by atoms with Crippen LogP contribution in [0.1, 0.15) is 48.8 Å². The third-order valence-electron chi connectivity index (χ3n) is 3.87. The summed E-state index contributed by atoms with van der Waals surface area (Å²) in [7, 11) is 0. The molecule has 1 atom stereocenters. The topological polar surface area (TPSA) is 17.1 Å². The molecular weight excluding hydrogens is 244 g/mol. The van der Waals surface area contributed by atoms with Gasteiger partial charge in [-0.2, -0.15) is 0 Å². The maximum absolute atomic E-state index is 11.7. The summed E-state index contributed by atoms with van der Waals surface area (Å²) in [6.45, 7) is 4.08. The van der Waals surface area contributed by atoms with Gasteiger partial charge in [-0.05, 0) is 30.0 Å². The minimum Gasteiger partial charge on any atom is -0.300 e. The Morgan fingerprint density at radius 2 is 1.65 bits per heavy atom. The Hall–Kier alpha value is -1.89. The van der Waals surface area contributed by atoms with Gasteiger partial charge >= 0.3 is 0 Å². The monoisotopic (exact) mass is 266 g/mol. The molecule has 0 fully saturated rings. The molecule has 1 unspecified atom stereocenters. The molecule has 1 nitrogen and oxygen atoms in total. The van der Waals surface area contributed by atoms with Crippen molar-refractivity contribution >= 4 is 5.78 Å². The summed E-state index contributed by atoms with van der Waals surface area (Å²) in [5.41, 5.74) is 3.93. The van der Waals surface area contributed by atoms with Crippen LogP contribution in [0, 0.1) is 6.92 Å². The molecule has 0 aromatic heterocycles. The number of hydrogen-bond donors (Lipinski definition) is 0. The Balaban J connectivity index is 2.30. The highest BCUT2D eigenvalue weighted by Crippen LogP contribution is 2.31. The smallest absolute Gasteiger partial charge is 0.132 e. The summed E-state index contributed by atoms with van der Waals surface area (Å²) in [5.74, 6) is 0.660. The number of hydrogen-bond acceptors (Lipinski definition) is 1. The van der Waals surface area contributed by atoms with Gasteiger partial charge in [0.2, 0.25) is 0 Å². The van der Waals surface area contributed by atoms with E-state index < -0.39 is 0 Å². The van der Waals surface area contributed by atoms with Crippen LogP contribution in [0.2, 0.25) is 0 Å². The van der Waals surface area contributed by atoms with E-state index in [1.165, 1.54) is 16.7 Å². The number of carbonyl (C=O) groups is 1. The van der Waals surface area contributed by atoms with Crippen molar-refractivity contribution in [3.8, 4) is 0 Å². The molecular formula is C19H22O. The first kappa shape index (κ1) is 14.5. The molecule has 0 saturated heterocycles. The summed E-state index contributed by atoms with van der Waals surface area (Å²) < 4.78 is 0. The molecule has 2 aromatic carbocycles. The summed E-state index contributed by atoms with van der Waals surface area (Å²) in [6, 6.07) is 19.0. The number of aryl methyl sites for hydroxylation is 1. The molecule has 0 radical (unpaired) electrons. The molecule has 1 heteroatoms. The Kier molecular flexibility index (Phi) is 5.11. The lowest BCUT2D eigenvalue weighted by Crippen LogP contribution is -2.06. The highest BCUT2D eigenvalue weighted by atomic mass is 16.1. The number of benzene rings is 2. The molecule has 20 heavy (non-hydrogen) atoms. The number of rotatable bonds is 6. The van der Waals surface area contributed by atoms with Crippen LogP contribution in [0.5, 0.6) is 0 Å². The van der Waals surface area contributed by atoms with Gasteiger partial charge in [0.1, 0.15) is 5.78 Å². The van der Waals surface area contributed by atoms with Crippen molar-refractivity contribution in [3.05, 3.63) is 71.3 Å². The van der Waals surface area contributed by atoms with Crippen molar-refractivity contribution in [3.63, 3.8) is 0 Å². The van der Waals surface area contributed by atoms with E-state index in [0.29, 0.717) is 24.5 Å². The number of carbonyl (C=O) groups excluding carboxylic acids is 1. The van der Waals surface area contributed by atoms with Gasteiger partial charge in [0.25, 0.3) is 0 Å². The van der Waals surface area contributed by atoms with Crippen molar-refractivity contribution in [1.82, 2.24) is 0 Å². The maximum atomic E-state index is 11.7. The van der Waals surface area contributed by atoms with Gasteiger partial charge in [-0.3, -0.25) is 4.79 Å². The van der Waals surface area contributed by atoms with Crippen molar-refractivity contribution in [2.75, 3.05) is 0 Å². The van der Waals surface area contributed by atoms with Crippen LogP contribution in [-0.4, -0.2) is 5.78 Å². The second-order valence-electron chi connectivity index (χ2n) is 5.25. The Morgan fingerprint density at radius 1 is 1.00 bits per heavy atom. The molecule has 104 valence electrons. The van der Waals surface area contributed by atoms with Crippen LogP contribution < -0.4 is 0 Å². The molecule has 0 saturated carbocycles. The van der Waals surface area contributed by atoms with Gasteiger partial charge in [-0.1, -0.05) is 61.5 Å². The molecule has 2 rings (SSSR count). The summed E-state index contributed by atoms with van der Waals surface area (Å²) in [4.78, 5) is 11.7. The van der Waals surface area contributed by atoms with Crippen LogP contribution >= 0.6 is 0 Å². The van der Waals surface area contributed by atoms with E-state index in [4.69, 9.17) is 0 Å². The fourth-order valence-corrected chi connectivity index (χ4v) is 2.65. The lowest BCUT2D eigenvalue weighted by Gasteiger charge is -2.19. The fourth-order valence-electron chi connectivity index (χ4n) is 2.65. The number of ketones is 1. The SMILES string of the molecule is CCC(=O)CCC(c1ccccc1)c1ccccc1C. The van der Waals surface area contributed by atoms with Crippen molar-refractivity contribution in [2.24, 2.45) is 0 Å². The largest absolute Gasteiger partial charge is 0.300 e. The van der Waals surface area contributed by atoms with E-state index in [2.05, 4.69) is 55.5 Å². The van der Waals surface area contributed by atoms with E-state index in [9.17, 15) is 4.79 Å². The van der Waals surface area contributed by atoms with Crippen LogP contribution in [0.25, 0.3) is 0 Å². The predicted octanol–water partition coefficient (Wildman–Crippen LogP) is 4.89. The second kappa shape index (κ2) is 7.04. The van der Waals surface area contributed by atoms with Crippen molar-refractivity contribution in [2.45, 2.75) is 39.0 Å². The van der Waals surface area contributed by atoms with Crippen LogP contribution in [0.3, 0.4) is 0 Å². The highest BCUT2D eigenvalue weighted by Gasteiger charge is 2.16. The molecule has 0 heterocycles. The molecule has 0 spiro atoms. The zero-order valence-corrected chi connectivity index (χ0v) is 12.3. The van der Waals surface area contributed by atoms with Crippen LogP contribution in [0.4, 0.5) is 0 Å². The lowest BCUT2D eigenvalue weighted by atomic mass is 9.84. The highest BCUT2D eigenvalue weighted by molar-refractivity contribution is 5.78. The number of Topliss-reactive ketones (excluding diaryl/α,β-unsaturated/α-hetero) is 1. The maximum Gasteiger partial charge on any atom is 0.132 e. The first-order valence-electron chi connectivity index (χ1n) is 7.34. The standard InChI is InChI=1S/C19H22O/c1-3-17(20)13-14-19(16-10-5-4-6-11-16)18-12-8-7-9-15(18)2/h4-12,19H,3,13-14H2,1-2H3. The van der Waals surface area contributed by atoms with Crippen molar-refractivity contribution < 1.29 is 4.79 Å². The van der Waals surface area contributed by atoms with Crippen LogP contribution in [0.15, 0.2) is 54.6 Å². The van der Waals surface area contributed by atoms with Crippen molar-refractivity contribution in [1.29, 1.82) is 0 Å². The Labute approximate surface area is 121 Å². The molecule has 0 aliphatic heterocycles. The van der Waals surface area contributed by atoms with E-state index in [0.717, 1.165) is 6.42 Å². The normalized spacial score (nSPS) is 12.1. The van der Waals surface area contributed by atoms with Gasteiger partial charge in [-0.15, -0.1) is 0 Å². The third kappa shape index (κ3) is 3.57. The van der Waals surface area contributed by atoms with E-state index in [1.807, 2.05) is 13.0 Å². The van der Waals surface area contributed by atoms with Gasteiger partial charge in [0.15, 0.2) is 0 Å². The zero-order chi connectivity index (χ0) is 14.4. The Bertz CT molecular complexity index is 557. The Morgan fingerprint density at radius 3 is 2.30 bits per heavy atom. The lowest BCUT2D eigenvalue weighted by molar-refractivity contribution is -0.118. The average molecular weight is 266 g/mol. The summed E-state index contributed by atoms with van der Waals surface area (Å²) in [5, 5.41) is 0. The quantitative estimate of drug-likeness (QED) is 0.727. The third-order valence-corrected chi connectivity index (χ3v) is 3.87. The second-order valence-corrected chi connectivity index (χ2v) is 5.25. The molecule has 0 aliphatic rings. The molecule has 0 aliphatic carbocycles. The predicted molar refractivity (Wildman–Crippen MR) is 84.0 cm³/mol. The van der Waals surface area contributed by atoms with Gasteiger partial charge in [0, 0.05) is 18.8 Å². The summed E-state index contributed by atoms with van der Waals surface area (Å²) >= 11 is 0. The minimum atomic E-state index is 0.313. The molecule has 0 N–H and O–H groups in total.